The Morgan fingerprint density at radius 3 is 2.81 bits per heavy atom. The zero-order valence-corrected chi connectivity index (χ0v) is 13.5. The van der Waals surface area contributed by atoms with Crippen molar-refractivity contribution >= 4 is 0 Å². The first-order valence-electron chi connectivity index (χ1n) is 8.32. The van der Waals surface area contributed by atoms with E-state index in [-0.39, 0.29) is 6.10 Å². The average Bonchev–Trinajstić information content (AvgIpc) is 3.15. The highest BCUT2D eigenvalue weighted by molar-refractivity contribution is 5.48. The molecule has 116 valence electrons. The van der Waals surface area contributed by atoms with Gasteiger partial charge in [-0.3, -0.25) is 0 Å². The maximum Gasteiger partial charge on any atom is 0.124 e. The molecule has 1 heterocycles. The topological polar surface area (TPSA) is 30.5 Å². The van der Waals surface area contributed by atoms with Crippen molar-refractivity contribution in [3.8, 4) is 11.5 Å². The van der Waals surface area contributed by atoms with Crippen molar-refractivity contribution in [2.24, 2.45) is 5.41 Å². The average molecular weight is 289 g/mol. The molecule has 1 atom stereocenters. The largest absolute Gasteiger partial charge is 0.494 e. The van der Waals surface area contributed by atoms with Gasteiger partial charge < -0.3 is 14.8 Å². The van der Waals surface area contributed by atoms with Crippen LogP contribution in [0, 0.1) is 5.41 Å². The lowest BCUT2D eigenvalue weighted by Crippen LogP contribution is -2.23. The SMILES string of the molecule is CCOc1cc2c(cc1CNCC1(CC)CC1)OC(C)C2. The Bertz CT molecular complexity index is 508. The molecule has 1 aliphatic heterocycles. The van der Waals surface area contributed by atoms with Crippen LogP contribution in [0.3, 0.4) is 0 Å². The van der Waals surface area contributed by atoms with Crippen LogP contribution in [0.4, 0.5) is 0 Å². The first kappa shape index (κ1) is 14.7. The molecule has 1 aromatic carbocycles. The summed E-state index contributed by atoms with van der Waals surface area (Å²) in [6.45, 7) is 9.15. The van der Waals surface area contributed by atoms with Crippen molar-refractivity contribution in [2.75, 3.05) is 13.2 Å². The minimum absolute atomic E-state index is 0.285. The predicted molar refractivity (Wildman–Crippen MR) is 85.1 cm³/mol. The summed E-state index contributed by atoms with van der Waals surface area (Å²) in [6, 6.07) is 4.34. The van der Waals surface area contributed by atoms with Crippen molar-refractivity contribution in [1.82, 2.24) is 5.32 Å². The lowest BCUT2D eigenvalue weighted by Gasteiger charge is -2.16. The molecule has 1 unspecified atom stereocenters. The molecule has 0 aromatic heterocycles. The van der Waals surface area contributed by atoms with Crippen molar-refractivity contribution in [3.63, 3.8) is 0 Å². The molecule has 1 aromatic rings. The Kier molecular flexibility index (Phi) is 4.12. The van der Waals surface area contributed by atoms with Crippen LogP contribution in [0.25, 0.3) is 0 Å². The number of rotatable bonds is 7. The molecule has 0 spiro atoms. The summed E-state index contributed by atoms with van der Waals surface area (Å²) in [5.41, 5.74) is 3.08. The molecule has 1 aliphatic carbocycles. The maximum absolute atomic E-state index is 5.88. The van der Waals surface area contributed by atoms with Gasteiger partial charge in [-0.25, -0.2) is 0 Å². The maximum atomic E-state index is 5.88. The normalized spacial score (nSPS) is 21.8. The summed E-state index contributed by atoms with van der Waals surface area (Å²) in [4.78, 5) is 0. The van der Waals surface area contributed by atoms with Crippen LogP contribution in [-0.4, -0.2) is 19.3 Å². The Hall–Kier alpha value is -1.22. The molecule has 2 aliphatic rings. The van der Waals surface area contributed by atoms with Gasteiger partial charge in [-0.05, 0) is 50.7 Å². The van der Waals surface area contributed by atoms with E-state index in [0.717, 1.165) is 31.0 Å². The molecule has 1 N–H and O–H groups in total. The third kappa shape index (κ3) is 3.18. The van der Waals surface area contributed by atoms with Crippen LogP contribution in [0.5, 0.6) is 11.5 Å². The third-order valence-corrected chi connectivity index (χ3v) is 4.90. The summed E-state index contributed by atoms with van der Waals surface area (Å²) in [5, 5.41) is 3.62. The number of hydrogen-bond donors (Lipinski definition) is 1. The van der Waals surface area contributed by atoms with Crippen LogP contribution in [-0.2, 0) is 13.0 Å². The fourth-order valence-electron chi connectivity index (χ4n) is 3.20. The van der Waals surface area contributed by atoms with Gasteiger partial charge in [0, 0.05) is 30.6 Å². The summed E-state index contributed by atoms with van der Waals surface area (Å²) in [5.74, 6) is 2.06. The number of fused-ring (bicyclic) bond motifs is 1. The molecule has 21 heavy (non-hydrogen) atoms. The smallest absolute Gasteiger partial charge is 0.124 e. The molecule has 1 fully saturated rings. The van der Waals surface area contributed by atoms with Crippen molar-refractivity contribution in [3.05, 3.63) is 23.3 Å². The van der Waals surface area contributed by atoms with Gasteiger partial charge in [0.05, 0.1) is 6.61 Å². The molecule has 1 saturated carbocycles. The Morgan fingerprint density at radius 1 is 1.33 bits per heavy atom. The van der Waals surface area contributed by atoms with E-state index in [2.05, 4.69) is 31.3 Å². The first-order chi connectivity index (χ1) is 10.2. The highest BCUT2D eigenvalue weighted by atomic mass is 16.5. The van der Waals surface area contributed by atoms with Crippen LogP contribution in [0.15, 0.2) is 12.1 Å². The molecule has 0 bridgehead atoms. The Morgan fingerprint density at radius 2 is 2.14 bits per heavy atom. The Balaban J connectivity index is 1.69. The van der Waals surface area contributed by atoms with E-state index >= 15 is 0 Å². The highest BCUT2D eigenvalue weighted by Crippen LogP contribution is 2.48. The van der Waals surface area contributed by atoms with E-state index in [0.29, 0.717) is 12.0 Å². The molecule has 3 nitrogen and oxygen atoms in total. The van der Waals surface area contributed by atoms with Gasteiger partial charge >= 0.3 is 0 Å². The van der Waals surface area contributed by atoms with E-state index in [1.54, 1.807) is 0 Å². The monoisotopic (exact) mass is 289 g/mol. The van der Waals surface area contributed by atoms with Crippen LogP contribution >= 0.6 is 0 Å². The van der Waals surface area contributed by atoms with Gasteiger partial charge in [-0.1, -0.05) is 6.92 Å². The van der Waals surface area contributed by atoms with Gasteiger partial charge in [0.1, 0.15) is 17.6 Å². The van der Waals surface area contributed by atoms with Crippen molar-refractivity contribution in [1.29, 1.82) is 0 Å². The second-order valence-corrected chi connectivity index (χ2v) is 6.59. The van der Waals surface area contributed by atoms with Crippen LogP contribution in [0.2, 0.25) is 0 Å². The Labute approximate surface area is 128 Å². The molecule has 3 rings (SSSR count). The van der Waals surface area contributed by atoms with Gasteiger partial charge in [0.15, 0.2) is 0 Å². The van der Waals surface area contributed by atoms with E-state index in [9.17, 15) is 0 Å². The van der Waals surface area contributed by atoms with E-state index in [4.69, 9.17) is 9.47 Å². The molecular weight excluding hydrogens is 262 g/mol. The van der Waals surface area contributed by atoms with Gasteiger partial charge in [0.25, 0.3) is 0 Å². The fourth-order valence-corrected chi connectivity index (χ4v) is 3.20. The van der Waals surface area contributed by atoms with Gasteiger partial charge in [0.2, 0.25) is 0 Å². The second-order valence-electron chi connectivity index (χ2n) is 6.59. The van der Waals surface area contributed by atoms with Crippen molar-refractivity contribution in [2.45, 2.75) is 59.1 Å². The minimum atomic E-state index is 0.285. The summed E-state index contributed by atoms with van der Waals surface area (Å²) in [7, 11) is 0. The predicted octanol–water partition coefficient (Wildman–Crippen LogP) is 3.69. The number of hydrogen-bond acceptors (Lipinski definition) is 3. The van der Waals surface area contributed by atoms with E-state index in [1.807, 2.05) is 6.92 Å². The fraction of sp³-hybridized carbons (Fsp3) is 0.667. The van der Waals surface area contributed by atoms with Crippen LogP contribution < -0.4 is 14.8 Å². The quantitative estimate of drug-likeness (QED) is 0.830. The lowest BCUT2D eigenvalue weighted by molar-refractivity contribution is 0.254. The van der Waals surface area contributed by atoms with Crippen LogP contribution in [0.1, 0.15) is 51.2 Å². The zero-order chi connectivity index (χ0) is 14.9. The number of ether oxygens (including phenoxy) is 2. The standard InChI is InChI=1S/C18H27NO2/c1-4-18(6-7-18)12-19-11-15-10-17-14(8-13(3)21-17)9-16(15)20-5-2/h9-10,13,19H,4-8,11-12H2,1-3H3. The minimum Gasteiger partial charge on any atom is -0.494 e. The molecule has 0 amide bonds. The van der Waals surface area contributed by atoms with Crippen molar-refractivity contribution < 1.29 is 9.47 Å². The lowest BCUT2D eigenvalue weighted by atomic mass is 10.0. The zero-order valence-electron chi connectivity index (χ0n) is 13.5. The van der Waals surface area contributed by atoms with Gasteiger partial charge in [-0.2, -0.15) is 0 Å². The van der Waals surface area contributed by atoms with E-state index in [1.165, 1.54) is 30.4 Å². The third-order valence-electron chi connectivity index (χ3n) is 4.90. The summed E-state index contributed by atoms with van der Waals surface area (Å²) >= 11 is 0. The van der Waals surface area contributed by atoms with Gasteiger partial charge in [-0.15, -0.1) is 0 Å². The van der Waals surface area contributed by atoms with E-state index < -0.39 is 0 Å². The first-order valence-corrected chi connectivity index (χ1v) is 8.32. The molecule has 0 radical (unpaired) electrons. The summed E-state index contributed by atoms with van der Waals surface area (Å²) in [6.07, 6.45) is 5.30. The molecule has 3 heteroatoms. The molecular formula is C18H27NO2. The number of nitrogens with one attached hydrogen (secondary N) is 1. The molecule has 0 saturated heterocycles. The number of benzene rings is 1. The summed E-state index contributed by atoms with van der Waals surface area (Å²) < 4.78 is 11.7. The highest BCUT2D eigenvalue weighted by Gasteiger charge is 2.39. The second kappa shape index (κ2) is 5.88.